The van der Waals surface area contributed by atoms with Crippen molar-refractivity contribution >= 4 is 0 Å². The van der Waals surface area contributed by atoms with Crippen LogP contribution in [-0.4, -0.2) is 18.8 Å². The third-order valence-electron chi connectivity index (χ3n) is 3.57. The van der Waals surface area contributed by atoms with E-state index in [-0.39, 0.29) is 5.54 Å². The highest BCUT2D eigenvalue weighted by Crippen LogP contribution is 2.33. The van der Waals surface area contributed by atoms with Crippen LogP contribution in [0.3, 0.4) is 0 Å². The largest absolute Gasteiger partial charge is 0.381 e. The van der Waals surface area contributed by atoms with Crippen molar-refractivity contribution in [3.8, 4) is 0 Å². The van der Waals surface area contributed by atoms with Gasteiger partial charge < -0.3 is 10.5 Å². The molecule has 0 spiro atoms. The first-order valence-corrected chi connectivity index (χ1v) is 5.65. The summed E-state index contributed by atoms with van der Waals surface area (Å²) in [5, 5.41) is 0. The summed E-state index contributed by atoms with van der Waals surface area (Å²) in [7, 11) is 0. The lowest BCUT2D eigenvalue weighted by atomic mass is 9.76. The van der Waals surface area contributed by atoms with E-state index < -0.39 is 0 Å². The number of ether oxygens (including phenoxy) is 1. The van der Waals surface area contributed by atoms with Gasteiger partial charge in [-0.1, -0.05) is 19.3 Å². The minimum atomic E-state index is 0.163. The molecule has 0 aromatic heterocycles. The standard InChI is InChI=1S/C11H21NO/c12-11(5-2-1-3-6-11)8-10-4-7-13-9-10/h10H,1-9,12H2. The fourth-order valence-corrected chi connectivity index (χ4v) is 2.78. The minimum absolute atomic E-state index is 0.163. The fourth-order valence-electron chi connectivity index (χ4n) is 2.78. The lowest BCUT2D eigenvalue weighted by Gasteiger charge is -2.35. The van der Waals surface area contributed by atoms with Crippen LogP contribution in [0, 0.1) is 5.92 Å². The van der Waals surface area contributed by atoms with E-state index in [1.807, 2.05) is 0 Å². The molecular formula is C11H21NO. The topological polar surface area (TPSA) is 35.2 Å². The Hall–Kier alpha value is -0.0800. The van der Waals surface area contributed by atoms with Crippen molar-refractivity contribution in [2.75, 3.05) is 13.2 Å². The predicted octanol–water partition coefficient (Wildman–Crippen LogP) is 2.07. The van der Waals surface area contributed by atoms with Gasteiger partial charge in [-0.25, -0.2) is 0 Å². The van der Waals surface area contributed by atoms with E-state index in [0.29, 0.717) is 0 Å². The molecule has 0 amide bonds. The molecule has 0 bridgehead atoms. The Morgan fingerprint density at radius 1 is 1.23 bits per heavy atom. The van der Waals surface area contributed by atoms with Gasteiger partial charge >= 0.3 is 0 Å². The second-order valence-electron chi connectivity index (χ2n) is 4.86. The third-order valence-corrected chi connectivity index (χ3v) is 3.57. The second kappa shape index (κ2) is 3.97. The Balaban J connectivity index is 1.83. The highest BCUT2D eigenvalue weighted by Gasteiger charge is 2.31. The maximum atomic E-state index is 6.38. The zero-order valence-corrected chi connectivity index (χ0v) is 8.43. The van der Waals surface area contributed by atoms with Crippen LogP contribution in [0.25, 0.3) is 0 Å². The van der Waals surface area contributed by atoms with E-state index in [1.54, 1.807) is 0 Å². The molecule has 2 N–H and O–H groups in total. The minimum Gasteiger partial charge on any atom is -0.381 e. The quantitative estimate of drug-likeness (QED) is 0.711. The van der Waals surface area contributed by atoms with Crippen molar-refractivity contribution in [2.24, 2.45) is 11.7 Å². The van der Waals surface area contributed by atoms with E-state index >= 15 is 0 Å². The fraction of sp³-hybridized carbons (Fsp3) is 1.00. The molecule has 1 aliphatic heterocycles. The van der Waals surface area contributed by atoms with Crippen LogP contribution >= 0.6 is 0 Å². The summed E-state index contributed by atoms with van der Waals surface area (Å²) in [5.41, 5.74) is 6.55. The Labute approximate surface area is 80.8 Å². The number of hydrogen-bond donors (Lipinski definition) is 1. The van der Waals surface area contributed by atoms with Crippen molar-refractivity contribution < 1.29 is 4.74 Å². The molecule has 2 rings (SSSR count). The van der Waals surface area contributed by atoms with Gasteiger partial charge in [0.05, 0.1) is 0 Å². The molecule has 1 saturated heterocycles. The van der Waals surface area contributed by atoms with Gasteiger partial charge in [0.25, 0.3) is 0 Å². The van der Waals surface area contributed by atoms with Gasteiger partial charge in [0.2, 0.25) is 0 Å². The van der Waals surface area contributed by atoms with Gasteiger partial charge in [-0.3, -0.25) is 0 Å². The van der Waals surface area contributed by atoms with Crippen LogP contribution in [0.1, 0.15) is 44.9 Å². The molecule has 1 heterocycles. The van der Waals surface area contributed by atoms with Crippen molar-refractivity contribution in [3.05, 3.63) is 0 Å². The third kappa shape index (κ3) is 2.44. The summed E-state index contributed by atoms with van der Waals surface area (Å²) in [6.07, 6.45) is 8.98. The summed E-state index contributed by atoms with van der Waals surface area (Å²) < 4.78 is 5.39. The van der Waals surface area contributed by atoms with E-state index in [9.17, 15) is 0 Å². The maximum absolute atomic E-state index is 6.38. The average molecular weight is 183 g/mol. The summed E-state index contributed by atoms with van der Waals surface area (Å²) in [6.45, 7) is 1.92. The molecule has 1 unspecified atom stereocenters. The number of nitrogens with two attached hydrogens (primary N) is 1. The average Bonchev–Trinajstić information content (AvgIpc) is 2.57. The van der Waals surface area contributed by atoms with Crippen molar-refractivity contribution in [1.29, 1.82) is 0 Å². The Kier molecular flexibility index (Phi) is 2.89. The van der Waals surface area contributed by atoms with E-state index in [0.717, 1.165) is 19.1 Å². The smallest absolute Gasteiger partial charge is 0.0495 e. The van der Waals surface area contributed by atoms with Crippen LogP contribution in [0.15, 0.2) is 0 Å². The normalized spacial score (nSPS) is 33.5. The van der Waals surface area contributed by atoms with E-state index in [4.69, 9.17) is 10.5 Å². The highest BCUT2D eigenvalue weighted by atomic mass is 16.5. The zero-order chi connectivity index (χ0) is 9.15. The molecule has 13 heavy (non-hydrogen) atoms. The lowest BCUT2D eigenvalue weighted by molar-refractivity contribution is 0.168. The molecule has 2 heteroatoms. The van der Waals surface area contributed by atoms with Gasteiger partial charge in [-0.15, -0.1) is 0 Å². The molecule has 0 radical (unpaired) electrons. The van der Waals surface area contributed by atoms with Gasteiger partial charge in [0, 0.05) is 18.8 Å². The Morgan fingerprint density at radius 2 is 2.00 bits per heavy atom. The summed E-state index contributed by atoms with van der Waals surface area (Å²) in [4.78, 5) is 0. The van der Waals surface area contributed by atoms with Gasteiger partial charge in [0.15, 0.2) is 0 Å². The van der Waals surface area contributed by atoms with Crippen LogP contribution in [0.2, 0.25) is 0 Å². The lowest BCUT2D eigenvalue weighted by Crippen LogP contribution is -2.43. The molecule has 76 valence electrons. The first kappa shape index (κ1) is 9.47. The molecule has 1 aliphatic carbocycles. The first-order chi connectivity index (χ1) is 6.29. The molecule has 0 aromatic rings. The van der Waals surface area contributed by atoms with Crippen LogP contribution in [-0.2, 0) is 4.74 Å². The van der Waals surface area contributed by atoms with Crippen molar-refractivity contribution in [2.45, 2.75) is 50.5 Å². The second-order valence-corrected chi connectivity index (χ2v) is 4.86. The number of hydrogen-bond acceptors (Lipinski definition) is 2. The maximum Gasteiger partial charge on any atom is 0.0495 e. The summed E-state index contributed by atoms with van der Waals surface area (Å²) in [6, 6.07) is 0. The zero-order valence-electron chi connectivity index (χ0n) is 8.43. The predicted molar refractivity (Wildman–Crippen MR) is 53.5 cm³/mol. The van der Waals surface area contributed by atoms with Crippen LogP contribution < -0.4 is 5.73 Å². The van der Waals surface area contributed by atoms with Crippen molar-refractivity contribution in [1.82, 2.24) is 0 Å². The van der Waals surface area contributed by atoms with Crippen LogP contribution in [0.4, 0.5) is 0 Å². The van der Waals surface area contributed by atoms with Gasteiger partial charge in [0.1, 0.15) is 0 Å². The Bertz CT molecular complexity index is 157. The monoisotopic (exact) mass is 183 g/mol. The Morgan fingerprint density at radius 3 is 2.62 bits per heavy atom. The molecule has 1 saturated carbocycles. The van der Waals surface area contributed by atoms with Crippen molar-refractivity contribution in [3.63, 3.8) is 0 Å². The molecule has 0 aromatic carbocycles. The molecule has 2 nitrogen and oxygen atoms in total. The molecular weight excluding hydrogens is 162 g/mol. The first-order valence-electron chi connectivity index (χ1n) is 5.65. The number of rotatable bonds is 2. The van der Waals surface area contributed by atoms with E-state index in [1.165, 1.54) is 44.9 Å². The SMILES string of the molecule is NC1(CC2CCOC2)CCCCC1. The van der Waals surface area contributed by atoms with Gasteiger partial charge in [-0.05, 0) is 31.6 Å². The molecule has 2 fully saturated rings. The van der Waals surface area contributed by atoms with Crippen LogP contribution in [0.5, 0.6) is 0 Å². The summed E-state index contributed by atoms with van der Waals surface area (Å²) in [5.74, 6) is 0.753. The molecule has 1 atom stereocenters. The van der Waals surface area contributed by atoms with Gasteiger partial charge in [-0.2, -0.15) is 0 Å². The highest BCUT2D eigenvalue weighted by molar-refractivity contribution is 4.89. The summed E-state index contributed by atoms with van der Waals surface area (Å²) >= 11 is 0. The molecule has 2 aliphatic rings. The van der Waals surface area contributed by atoms with E-state index in [2.05, 4.69) is 0 Å².